The Morgan fingerprint density at radius 2 is 1.70 bits per heavy atom. The van der Waals surface area contributed by atoms with Gasteiger partial charge in [-0.3, -0.25) is 4.79 Å². The van der Waals surface area contributed by atoms with E-state index in [0.717, 1.165) is 16.8 Å². The summed E-state index contributed by atoms with van der Waals surface area (Å²) in [7, 11) is 0. The molecule has 0 fully saturated rings. The van der Waals surface area contributed by atoms with Crippen molar-refractivity contribution in [3.05, 3.63) is 83.2 Å². The van der Waals surface area contributed by atoms with Gasteiger partial charge in [0, 0.05) is 31.2 Å². The molecule has 0 radical (unpaired) electrons. The molecule has 0 aliphatic heterocycles. The number of carbonyl (C=O) groups excluding carboxylic acids is 1. The number of nitrogens with zero attached hydrogens (tertiary/aromatic N) is 3. The summed E-state index contributed by atoms with van der Waals surface area (Å²) in [4.78, 5) is 23.2. The number of amides is 1. The van der Waals surface area contributed by atoms with Crippen LogP contribution < -0.4 is 5.32 Å². The van der Waals surface area contributed by atoms with E-state index in [1.807, 2.05) is 49.4 Å². The molecular formula is C22H24N4O. The summed E-state index contributed by atoms with van der Waals surface area (Å²) in [5, 5.41) is 3.22. The minimum atomic E-state index is -0.0698. The number of carbonyl (C=O) groups is 1. The number of hydrogen-bond acceptors (Lipinski definition) is 4. The second-order valence-corrected chi connectivity index (χ2v) is 6.47. The Kier molecular flexibility index (Phi) is 5.81. The lowest BCUT2D eigenvalue weighted by molar-refractivity contribution is 0.0752. The summed E-state index contributed by atoms with van der Waals surface area (Å²) in [6, 6.07) is 16.0. The topological polar surface area (TPSA) is 58.1 Å². The number of nitrogens with one attached hydrogen (secondary N) is 1. The van der Waals surface area contributed by atoms with E-state index >= 15 is 0 Å². The first kappa shape index (κ1) is 18.6. The Labute approximate surface area is 160 Å². The molecule has 1 aromatic heterocycles. The van der Waals surface area contributed by atoms with Crippen molar-refractivity contribution in [2.24, 2.45) is 0 Å². The monoisotopic (exact) mass is 360 g/mol. The molecule has 0 unspecified atom stereocenters. The third kappa shape index (κ3) is 4.50. The van der Waals surface area contributed by atoms with Crippen LogP contribution in [0, 0.1) is 13.8 Å². The van der Waals surface area contributed by atoms with Crippen molar-refractivity contribution in [1.82, 2.24) is 14.9 Å². The van der Waals surface area contributed by atoms with Gasteiger partial charge in [-0.1, -0.05) is 42.5 Å². The lowest BCUT2D eigenvalue weighted by Gasteiger charge is -2.21. The quantitative estimate of drug-likeness (QED) is 0.703. The molecule has 0 aliphatic rings. The summed E-state index contributed by atoms with van der Waals surface area (Å²) in [6.07, 6.45) is 3.16. The van der Waals surface area contributed by atoms with Gasteiger partial charge in [0.25, 0.3) is 5.91 Å². The first-order valence-electron chi connectivity index (χ1n) is 9.07. The lowest BCUT2D eigenvalue weighted by Crippen LogP contribution is -2.30. The third-order valence-electron chi connectivity index (χ3n) is 4.64. The highest BCUT2D eigenvalue weighted by Gasteiger charge is 2.15. The molecule has 1 N–H and O–H groups in total. The van der Waals surface area contributed by atoms with Crippen molar-refractivity contribution in [3.63, 3.8) is 0 Å². The summed E-state index contributed by atoms with van der Waals surface area (Å²) < 4.78 is 0. The Morgan fingerprint density at radius 3 is 2.37 bits per heavy atom. The van der Waals surface area contributed by atoms with Crippen LogP contribution in [0.3, 0.4) is 0 Å². The van der Waals surface area contributed by atoms with Crippen LogP contribution in [-0.2, 0) is 6.54 Å². The van der Waals surface area contributed by atoms with Crippen LogP contribution in [-0.4, -0.2) is 27.3 Å². The lowest BCUT2D eigenvalue weighted by atomic mass is 10.1. The van der Waals surface area contributed by atoms with Crippen LogP contribution in [0.5, 0.6) is 0 Å². The summed E-state index contributed by atoms with van der Waals surface area (Å²) in [5.74, 6) is 0.408. The molecule has 2 aromatic carbocycles. The number of anilines is 2. The van der Waals surface area contributed by atoms with Crippen molar-refractivity contribution in [1.29, 1.82) is 0 Å². The van der Waals surface area contributed by atoms with Crippen molar-refractivity contribution in [2.45, 2.75) is 27.3 Å². The van der Waals surface area contributed by atoms with Crippen molar-refractivity contribution in [2.75, 3.05) is 11.9 Å². The predicted octanol–water partition coefficient (Wildman–Crippen LogP) is 4.50. The number of aryl methyl sites for hydroxylation is 1. The van der Waals surface area contributed by atoms with E-state index in [0.29, 0.717) is 24.6 Å². The second-order valence-electron chi connectivity index (χ2n) is 6.47. The Balaban J connectivity index is 1.72. The number of hydrogen-bond donors (Lipinski definition) is 1. The fraction of sp³-hybridized carbons (Fsp3) is 0.227. The van der Waals surface area contributed by atoms with E-state index in [1.165, 1.54) is 5.56 Å². The average Bonchev–Trinajstić information content (AvgIpc) is 2.70. The number of benzene rings is 2. The van der Waals surface area contributed by atoms with Gasteiger partial charge in [0.2, 0.25) is 5.95 Å². The highest BCUT2D eigenvalue weighted by atomic mass is 16.2. The molecule has 1 amide bonds. The first-order valence-corrected chi connectivity index (χ1v) is 9.07. The molecule has 0 spiro atoms. The minimum Gasteiger partial charge on any atom is -0.335 e. The molecule has 0 bridgehead atoms. The fourth-order valence-electron chi connectivity index (χ4n) is 2.82. The van der Waals surface area contributed by atoms with E-state index in [4.69, 9.17) is 0 Å². The third-order valence-corrected chi connectivity index (χ3v) is 4.64. The number of rotatable bonds is 6. The van der Waals surface area contributed by atoms with Crippen LogP contribution in [0.15, 0.2) is 60.9 Å². The molecule has 5 heteroatoms. The van der Waals surface area contributed by atoms with Gasteiger partial charge in [-0.2, -0.15) is 0 Å². The molecule has 3 aromatic rings. The maximum Gasteiger partial charge on any atom is 0.257 e. The van der Waals surface area contributed by atoms with Crippen LogP contribution in [0.2, 0.25) is 0 Å². The molecule has 0 saturated carbocycles. The van der Waals surface area contributed by atoms with Crippen molar-refractivity contribution < 1.29 is 4.79 Å². The maximum absolute atomic E-state index is 12.8. The van der Waals surface area contributed by atoms with Crippen molar-refractivity contribution >= 4 is 17.5 Å². The van der Waals surface area contributed by atoms with E-state index < -0.39 is 0 Å². The van der Waals surface area contributed by atoms with Crippen LogP contribution in [0.25, 0.3) is 0 Å². The maximum atomic E-state index is 12.8. The van der Waals surface area contributed by atoms with E-state index in [1.54, 1.807) is 17.3 Å². The summed E-state index contributed by atoms with van der Waals surface area (Å²) in [5.41, 5.74) is 4.90. The predicted molar refractivity (Wildman–Crippen MR) is 108 cm³/mol. The number of aromatic nitrogens is 2. The van der Waals surface area contributed by atoms with Gasteiger partial charge >= 0.3 is 0 Å². The zero-order valence-corrected chi connectivity index (χ0v) is 15.9. The highest BCUT2D eigenvalue weighted by Crippen LogP contribution is 2.21. The van der Waals surface area contributed by atoms with Gasteiger partial charge in [0.15, 0.2) is 0 Å². The zero-order valence-electron chi connectivity index (χ0n) is 15.9. The smallest absolute Gasteiger partial charge is 0.257 e. The molecule has 0 atom stereocenters. The molecular weight excluding hydrogens is 336 g/mol. The van der Waals surface area contributed by atoms with Gasteiger partial charge in [-0.05, 0) is 43.5 Å². The highest BCUT2D eigenvalue weighted by molar-refractivity contribution is 5.93. The SMILES string of the molecule is CCN(Cc1ccccc1)C(=O)c1cnc(Nc2cccc(C)c2C)nc1. The van der Waals surface area contributed by atoms with Gasteiger partial charge < -0.3 is 10.2 Å². The van der Waals surface area contributed by atoms with Gasteiger partial charge in [-0.15, -0.1) is 0 Å². The van der Waals surface area contributed by atoms with Crippen LogP contribution >= 0.6 is 0 Å². The minimum absolute atomic E-state index is 0.0698. The molecule has 27 heavy (non-hydrogen) atoms. The largest absolute Gasteiger partial charge is 0.335 e. The second kappa shape index (κ2) is 8.45. The normalized spacial score (nSPS) is 10.5. The first-order chi connectivity index (χ1) is 13.1. The molecule has 5 nitrogen and oxygen atoms in total. The van der Waals surface area contributed by atoms with Gasteiger partial charge in [0.05, 0.1) is 5.56 Å². The van der Waals surface area contributed by atoms with Gasteiger partial charge in [0.1, 0.15) is 0 Å². The van der Waals surface area contributed by atoms with Crippen LogP contribution in [0.4, 0.5) is 11.6 Å². The Morgan fingerprint density at radius 1 is 1.00 bits per heavy atom. The van der Waals surface area contributed by atoms with E-state index in [-0.39, 0.29) is 5.91 Å². The standard InChI is InChI=1S/C22H24N4O/c1-4-26(15-18-10-6-5-7-11-18)21(27)19-13-23-22(24-14-19)25-20-12-8-9-16(2)17(20)3/h5-14H,4,15H2,1-3H3,(H,23,24,25). The zero-order chi connectivity index (χ0) is 19.2. The summed E-state index contributed by atoms with van der Waals surface area (Å²) >= 11 is 0. The molecule has 138 valence electrons. The van der Waals surface area contributed by atoms with Gasteiger partial charge in [-0.25, -0.2) is 9.97 Å². The Bertz CT molecular complexity index is 907. The van der Waals surface area contributed by atoms with Crippen LogP contribution in [0.1, 0.15) is 34.0 Å². The molecule has 1 heterocycles. The van der Waals surface area contributed by atoms with E-state index in [9.17, 15) is 4.79 Å². The Hall–Kier alpha value is -3.21. The van der Waals surface area contributed by atoms with Crippen molar-refractivity contribution in [3.8, 4) is 0 Å². The molecule has 0 saturated heterocycles. The molecule has 0 aliphatic carbocycles. The fourth-order valence-corrected chi connectivity index (χ4v) is 2.82. The van der Waals surface area contributed by atoms with E-state index in [2.05, 4.69) is 35.2 Å². The summed E-state index contributed by atoms with van der Waals surface area (Å²) in [6.45, 7) is 7.28. The molecule has 3 rings (SSSR count). The average molecular weight is 360 g/mol.